The molecule has 1 fully saturated rings. The highest BCUT2D eigenvalue weighted by molar-refractivity contribution is 7.92. The Morgan fingerprint density at radius 2 is 1.65 bits per heavy atom. The van der Waals surface area contributed by atoms with Crippen LogP contribution in [-0.2, 0) is 26.2 Å². The van der Waals surface area contributed by atoms with Crippen molar-refractivity contribution in [1.82, 2.24) is 10.2 Å². The average Bonchev–Trinajstić information content (AvgIpc) is 2.95. The molecule has 0 spiro atoms. The molecule has 3 aromatic carbocycles. The molecular weight excluding hydrogens is 553 g/mol. The van der Waals surface area contributed by atoms with Crippen LogP contribution in [0, 0.1) is 5.82 Å². The average molecular weight is 586 g/mol. The van der Waals surface area contributed by atoms with Crippen molar-refractivity contribution in [3.63, 3.8) is 0 Å². The lowest BCUT2D eigenvalue weighted by atomic mass is 9.95. The Bertz CT molecular complexity index is 1410. The van der Waals surface area contributed by atoms with Crippen molar-refractivity contribution in [2.45, 2.75) is 62.6 Å². The molecule has 1 aliphatic carbocycles. The maximum Gasteiger partial charge on any atom is 0.264 e. The first-order valence-electron chi connectivity index (χ1n) is 13.3. The van der Waals surface area contributed by atoms with Gasteiger partial charge in [0.1, 0.15) is 18.4 Å². The standard InChI is InChI=1S/C30H33ClFN3O4S/c1-22(30(37)33-26-11-4-2-5-12-26)34(20-23-9-8-10-24(31)19-23)29(36)21-35(27-17-15-25(32)16-18-27)40(38,39)28-13-6-3-7-14-28/h3,6-10,13-19,22,26H,2,4-5,11-12,20-21H2,1H3,(H,33,37)/t22-/m1/s1. The number of anilines is 1. The number of hydrogen-bond donors (Lipinski definition) is 1. The molecule has 212 valence electrons. The highest BCUT2D eigenvalue weighted by Gasteiger charge is 2.33. The van der Waals surface area contributed by atoms with Crippen molar-refractivity contribution in [3.8, 4) is 0 Å². The zero-order valence-electron chi connectivity index (χ0n) is 22.3. The molecule has 0 saturated heterocycles. The molecule has 7 nitrogen and oxygen atoms in total. The summed E-state index contributed by atoms with van der Waals surface area (Å²) in [6, 6.07) is 18.7. The van der Waals surface area contributed by atoms with Crippen LogP contribution in [-0.4, -0.2) is 43.8 Å². The first-order chi connectivity index (χ1) is 19.1. The fraction of sp³-hybridized carbons (Fsp3) is 0.333. The lowest BCUT2D eigenvalue weighted by Crippen LogP contribution is -2.53. The Labute approximate surface area is 240 Å². The third-order valence-corrected chi connectivity index (χ3v) is 9.11. The van der Waals surface area contributed by atoms with Crippen LogP contribution in [0.15, 0.2) is 83.8 Å². The van der Waals surface area contributed by atoms with Crippen LogP contribution in [0.1, 0.15) is 44.6 Å². The van der Waals surface area contributed by atoms with E-state index in [2.05, 4.69) is 5.32 Å². The molecule has 1 atom stereocenters. The van der Waals surface area contributed by atoms with Gasteiger partial charge in [-0.15, -0.1) is 0 Å². The van der Waals surface area contributed by atoms with Gasteiger partial charge in [0, 0.05) is 17.6 Å². The quantitative estimate of drug-likeness (QED) is 0.338. The van der Waals surface area contributed by atoms with Crippen LogP contribution < -0.4 is 9.62 Å². The molecule has 10 heteroatoms. The summed E-state index contributed by atoms with van der Waals surface area (Å²) in [6.45, 7) is 1.08. The van der Waals surface area contributed by atoms with Gasteiger partial charge in [0.05, 0.1) is 10.6 Å². The van der Waals surface area contributed by atoms with E-state index in [1.165, 1.54) is 29.2 Å². The van der Waals surface area contributed by atoms with E-state index in [0.717, 1.165) is 48.5 Å². The molecule has 0 unspecified atom stereocenters. The number of halogens is 2. The minimum atomic E-state index is -4.20. The molecule has 0 aliphatic heterocycles. The summed E-state index contributed by atoms with van der Waals surface area (Å²) < 4.78 is 42.1. The van der Waals surface area contributed by atoms with E-state index < -0.39 is 34.3 Å². The molecule has 4 rings (SSSR count). The molecule has 1 saturated carbocycles. The van der Waals surface area contributed by atoms with E-state index in [9.17, 15) is 22.4 Å². The van der Waals surface area contributed by atoms with Gasteiger partial charge in [0.25, 0.3) is 10.0 Å². The van der Waals surface area contributed by atoms with Gasteiger partial charge >= 0.3 is 0 Å². The van der Waals surface area contributed by atoms with Crippen LogP contribution in [0.25, 0.3) is 0 Å². The molecular formula is C30H33ClFN3O4S. The summed E-state index contributed by atoms with van der Waals surface area (Å²) in [5, 5.41) is 3.54. The lowest BCUT2D eigenvalue weighted by Gasteiger charge is -2.33. The van der Waals surface area contributed by atoms with Gasteiger partial charge in [-0.3, -0.25) is 13.9 Å². The molecule has 0 heterocycles. The van der Waals surface area contributed by atoms with Gasteiger partial charge in [-0.05, 0) is 73.9 Å². The Morgan fingerprint density at radius 3 is 2.30 bits per heavy atom. The number of sulfonamides is 1. The van der Waals surface area contributed by atoms with Crippen molar-refractivity contribution >= 4 is 39.1 Å². The summed E-state index contributed by atoms with van der Waals surface area (Å²) in [4.78, 5) is 28.6. The normalized spacial score (nSPS) is 14.8. The van der Waals surface area contributed by atoms with Crippen LogP contribution in [0.4, 0.5) is 10.1 Å². The Morgan fingerprint density at radius 1 is 0.975 bits per heavy atom. The largest absolute Gasteiger partial charge is 0.352 e. The SMILES string of the molecule is C[C@H](C(=O)NC1CCCCC1)N(Cc1cccc(Cl)c1)C(=O)CN(c1ccc(F)cc1)S(=O)(=O)c1ccccc1. The summed E-state index contributed by atoms with van der Waals surface area (Å²) >= 11 is 6.18. The summed E-state index contributed by atoms with van der Waals surface area (Å²) in [5.74, 6) is -1.43. The maximum atomic E-state index is 13.9. The smallest absolute Gasteiger partial charge is 0.264 e. The molecule has 1 aliphatic rings. The Kier molecular flexibility index (Phi) is 9.81. The first kappa shape index (κ1) is 29.6. The number of nitrogens with one attached hydrogen (secondary N) is 1. The van der Waals surface area contributed by atoms with Crippen LogP contribution in [0.5, 0.6) is 0 Å². The molecule has 2 amide bonds. The minimum Gasteiger partial charge on any atom is -0.352 e. The van der Waals surface area contributed by atoms with Crippen molar-refractivity contribution < 1.29 is 22.4 Å². The fourth-order valence-corrected chi connectivity index (χ4v) is 6.49. The minimum absolute atomic E-state index is 0.0170. The predicted molar refractivity (Wildman–Crippen MR) is 154 cm³/mol. The molecule has 3 aromatic rings. The van der Waals surface area contributed by atoms with E-state index in [0.29, 0.717) is 10.6 Å². The van der Waals surface area contributed by atoms with Crippen molar-refractivity contribution in [2.24, 2.45) is 0 Å². The highest BCUT2D eigenvalue weighted by atomic mass is 35.5. The topological polar surface area (TPSA) is 86.8 Å². The number of nitrogens with zero attached hydrogens (tertiary/aromatic N) is 2. The number of benzene rings is 3. The van der Waals surface area contributed by atoms with E-state index in [-0.39, 0.29) is 29.1 Å². The number of carbonyl (C=O) groups is 2. The van der Waals surface area contributed by atoms with Gasteiger partial charge in [-0.25, -0.2) is 12.8 Å². The van der Waals surface area contributed by atoms with Gasteiger partial charge in [0.15, 0.2) is 0 Å². The third kappa shape index (κ3) is 7.40. The number of rotatable bonds is 10. The number of amides is 2. The van der Waals surface area contributed by atoms with Crippen molar-refractivity contribution in [1.29, 1.82) is 0 Å². The van der Waals surface area contributed by atoms with E-state index in [1.807, 2.05) is 0 Å². The second-order valence-corrected chi connectivity index (χ2v) is 12.3. The van der Waals surface area contributed by atoms with E-state index >= 15 is 0 Å². The van der Waals surface area contributed by atoms with E-state index in [1.54, 1.807) is 49.4 Å². The summed E-state index contributed by atoms with van der Waals surface area (Å²) in [6.07, 6.45) is 4.97. The number of carbonyl (C=O) groups excluding carboxylic acids is 2. The second-order valence-electron chi connectivity index (χ2n) is 9.97. The highest BCUT2D eigenvalue weighted by Crippen LogP contribution is 2.25. The molecule has 0 bridgehead atoms. The molecule has 1 N–H and O–H groups in total. The lowest BCUT2D eigenvalue weighted by molar-refractivity contribution is -0.139. The van der Waals surface area contributed by atoms with Gasteiger partial charge in [-0.1, -0.05) is 61.2 Å². The van der Waals surface area contributed by atoms with Crippen molar-refractivity contribution in [3.05, 3.63) is 95.3 Å². The van der Waals surface area contributed by atoms with Gasteiger partial charge in [-0.2, -0.15) is 0 Å². The van der Waals surface area contributed by atoms with Gasteiger partial charge < -0.3 is 10.2 Å². The van der Waals surface area contributed by atoms with Gasteiger partial charge in [0.2, 0.25) is 11.8 Å². The third-order valence-electron chi connectivity index (χ3n) is 7.09. The van der Waals surface area contributed by atoms with Crippen LogP contribution in [0.2, 0.25) is 5.02 Å². The van der Waals surface area contributed by atoms with Crippen LogP contribution >= 0.6 is 11.6 Å². The molecule has 0 radical (unpaired) electrons. The zero-order valence-corrected chi connectivity index (χ0v) is 23.9. The van der Waals surface area contributed by atoms with Crippen LogP contribution in [0.3, 0.4) is 0 Å². The van der Waals surface area contributed by atoms with Crippen molar-refractivity contribution in [2.75, 3.05) is 10.8 Å². The monoisotopic (exact) mass is 585 g/mol. The molecule has 40 heavy (non-hydrogen) atoms. The fourth-order valence-electron chi connectivity index (χ4n) is 4.84. The second kappa shape index (κ2) is 13.3. The summed E-state index contributed by atoms with van der Waals surface area (Å²) in [7, 11) is -4.20. The zero-order chi connectivity index (χ0) is 28.7. The predicted octanol–water partition coefficient (Wildman–Crippen LogP) is 5.54. The number of hydrogen-bond acceptors (Lipinski definition) is 4. The molecule has 0 aromatic heterocycles. The maximum absolute atomic E-state index is 13.9. The van der Waals surface area contributed by atoms with E-state index in [4.69, 9.17) is 11.6 Å². The Hall–Kier alpha value is -3.43. The summed E-state index contributed by atoms with van der Waals surface area (Å²) in [5.41, 5.74) is 0.818. The first-order valence-corrected chi connectivity index (χ1v) is 15.1. The Balaban J connectivity index is 1.66.